The number of fused-ring (bicyclic) bond motifs is 3. The maximum atomic E-state index is 11.8. The second-order valence-corrected chi connectivity index (χ2v) is 9.00. The first-order valence-corrected chi connectivity index (χ1v) is 10.0. The van der Waals surface area contributed by atoms with Crippen LogP contribution in [0.25, 0.3) is 16.6 Å². The van der Waals surface area contributed by atoms with E-state index in [1.165, 1.54) is 0 Å². The highest BCUT2D eigenvalue weighted by molar-refractivity contribution is 7.91. The molecule has 0 unspecified atom stereocenters. The molecule has 126 valence electrons. The summed E-state index contributed by atoms with van der Waals surface area (Å²) >= 11 is 0. The molecule has 2 aromatic heterocycles. The summed E-state index contributed by atoms with van der Waals surface area (Å²) in [6.07, 6.45) is 5.11. The molecule has 24 heavy (non-hydrogen) atoms. The third kappa shape index (κ3) is 2.63. The summed E-state index contributed by atoms with van der Waals surface area (Å²) in [6.45, 7) is 1.69. The average molecular weight is 346 g/mol. The largest absolute Gasteiger partial charge is 0.552 e. The molecule has 1 aliphatic carbocycles. The number of sulfone groups is 1. The first-order chi connectivity index (χ1) is 11.5. The number of nitrogens with zero attached hydrogens (tertiary/aromatic N) is 1. The Balaban J connectivity index is 1.62. The van der Waals surface area contributed by atoms with Crippen molar-refractivity contribution in [1.82, 2.24) is 9.97 Å². The minimum atomic E-state index is -2.94. The molecule has 3 heterocycles. The lowest BCUT2D eigenvalue weighted by Gasteiger charge is -2.38. The van der Waals surface area contributed by atoms with Crippen molar-refractivity contribution in [3.63, 3.8) is 0 Å². The van der Waals surface area contributed by atoms with Gasteiger partial charge in [0.1, 0.15) is 21.2 Å². The van der Waals surface area contributed by atoms with E-state index in [4.69, 9.17) is 4.65 Å². The minimum absolute atomic E-state index is 0.196. The van der Waals surface area contributed by atoms with Gasteiger partial charge in [0.2, 0.25) is 0 Å². The molecule has 0 radical (unpaired) electrons. The van der Waals surface area contributed by atoms with Crippen molar-refractivity contribution in [3.8, 4) is 5.75 Å². The van der Waals surface area contributed by atoms with Crippen molar-refractivity contribution < 1.29 is 18.1 Å². The molecular formula is C16H19BN2O4S. The number of aromatic nitrogens is 2. The molecule has 1 aliphatic heterocycles. The van der Waals surface area contributed by atoms with Crippen LogP contribution in [-0.4, -0.2) is 42.0 Å². The molecule has 0 spiro atoms. The van der Waals surface area contributed by atoms with Gasteiger partial charge in [-0.25, -0.2) is 13.4 Å². The molecule has 0 saturated heterocycles. The normalized spacial score (nSPS) is 23.4. The monoisotopic (exact) mass is 346 g/mol. The zero-order chi connectivity index (χ0) is 16.9. The van der Waals surface area contributed by atoms with Gasteiger partial charge in [-0.3, -0.25) is 0 Å². The van der Waals surface area contributed by atoms with Crippen LogP contribution in [-0.2, 0) is 9.84 Å². The lowest BCUT2D eigenvalue weighted by atomic mass is 9.66. The predicted molar refractivity (Wildman–Crippen MR) is 93.2 cm³/mol. The Labute approximate surface area is 141 Å². The summed E-state index contributed by atoms with van der Waals surface area (Å²) in [5.74, 6) is 3.23. The van der Waals surface area contributed by atoms with Crippen molar-refractivity contribution in [3.05, 3.63) is 30.0 Å². The molecule has 4 rings (SSSR count). The highest BCUT2D eigenvalue weighted by Gasteiger charge is 2.38. The number of H-pyrrole nitrogens is 1. The predicted octanol–water partition coefficient (Wildman–Crippen LogP) is 1.82. The molecule has 0 bridgehead atoms. The van der Waals surface area contributed by atoms with Crippen molar-refractivity contribution in [2.24, 2.45) is 11.8 Å². The van der Waals surface area contributed by atoms with Crippen LogP contribution < -0.4 is 4.65 Å². The van der Waals surface area contributed by atoms with Gasteiger partial charge in [0.25, 0.3) is 0 Å². The Bertz CT molecular complexity index is 915. The van der Waals surface area contributed by atoms with Gasteiger partial charge in [0, 0.05) is 22.9 Å². The Morgan fingerprint density at radius 2 is 2.25 bits per heavy atom. The molecule has 0 aromatic carbocycles. The van der Waals surface area contributed by atoms with Crippen LogP contribution in [0, 0.1) is 11.8 Å². The number of allylic oxidation sites excluding steroid dienone is 1. The van der Waals surface area contributed by atoms with Crippen LogP contribution in [0.4, 0.5) is 0 Å². The van der Waals surface area contributed by atoms with E-state index in [1.807, 2.05) is 12.3 Å². The third-order valence-corrected chi connectivity index (χ3v) is 6.87. The highest BCUT2D eigenvalue weighted by Crippen LogP contribution is 2.48. The Hall–Kier alpha value is -1.80. The second-order valence-electron chi connectivity index (χ2n) is 6.60. The third-order valence-electron chi connectivity index (χ3n) is 5.02. The van der Waals surface area contributed by atoms with E-state index in [1.54, 1.807) is 19.1 Å². The fraction of sp³-hybridized carbons (Fsp3) is 0.438. The second kappa shape index (κ2) is 5.63. The zero-order valence-electron chi connectivity index (χ0n) is 13.4. The zero-order valence-corrected chi connectivity index (χ0v) is 14.2. The van der Waals surface area contributed by atoms with Gasteiger partial charge >= 0.3 is 7.12 Å². The van der Waals surface area contributed by atoms with Crippen LogP contribution >= 0.6 is 0 Å². The number of nitrogens with one attached hydrogen (secondary N) is 1. The summed E-state index contributed by atoms with van der Waals surface area (Å²) in [4.78, 5) is 7.39. The van der Waals surface area contributed by atoms with Crippen LogP contribution in [0.1, 0.15) is 25.3 Å². The highest BCUT2D eigenvalue weighted by atomic mass is 32.2. The van der Waals surface area contributed by atoms with Crippen molar-refractivity contribution in [2.45, 2.75) is 19.8 Å². The van der Waals surface area contributed by atoms with E-state index in [2.05, 4.69) is 9.97 Å². The molecule has 0 amide bonds. The summed E-state index contributed by atoms with van der Waals surface area (Å²) in [5.41, 5.74) is 2.79. The first kappa shape index (κ1) is 15.7. The van der Waals surface area contributed by atoms with Crippen LogP contribution in [0.15, 0.2) is 24.4 Å². The van der Waals surface area contributed by atoms with Crippen LogP contribution in [0.3, 0.4) is 0 Å². The smallest absolute Gasteiger partial charge is 0.531 e. The summed E-state index contributed by atoms with van der Waals surface area (Å²) in [7, 11) is -3.92. The van der Waals surface area contributed by atoms with Gasteiger partial charge in [-0.1, -0.05) is 6.92 Å². The first-order valence-electron chi connectivity index (χ1n) is 8.20. The van der Waals surface area contributed by atoms with Gasteiger partial charge < -0.3 is 14.7 Å². The molecule has 6 nitrogen and oxygen atoms in total. The lowest BCUT2D eigenvalue weighted by molar-refractivity contribution is 0.273. The Morgan fingerprint density at radius 1 is 1.46 bits per heavy atom. The van der Waals surface area contributed by atoms with Gasteiger partial charge in [0.05, 0.1) is 11.9 Å². The number of aromatic amines is 1. The number of pyridine rings is 1. The standard InChI is InChI=1S/C16H19BN2O4S/c1-2-24(21,22)9-10-5-11(6-10)13-7-17(20)23-14-8-19-16-12(15(13)14)3-4-18-16/h3-4,7-8,10-11,20H,2,5-6,9H2,1H3,(H,18,19)/t10-,11+. The molecule has 1 fully saturated rings. The molecule has 0 atom stereocenters. The summed E-state index contributed by atoms with van der Waals surface area (Å²) < 4.78 is 29.1. The van der Waals surface area contributed by atoms with Crippen LogP contribution in [0.2, 0.25) is 0 Å². The molecular weight excluding hydrogens is 327 g/mol. The average Bonchev–Trinajstić information content (AvgIpc) is 2.98. The fourth-order valence-electron chi connectivity index (χ4n) is 3.72. The van der Waals surface area contributed by atoms with Gasteiger partial charge in [0.15, 0.2) is 0 Å². The van der Waals surface area contributed by atoms with E-state index in [9.17, 15) is 13.4 Å². The number of hydrogen-bond donors (Lipinski definition) is 2. The maximum absolute atomic E-state index is 11.8. The molecule has 2 N–H and O–H groups in total. The van der Waals surface area contributed by atoms with Gasteiger partial charge in [-0.2, -0.15) is 0 Å². The molecule has 2 aliphatic rings. The van der Waals surface area contributed by atoms with Gasteiger partial charge in [-0.15, -0.1) is 0 Å². The SMILES string of the molecule is CCS(=O)(=O)C[C@H]1C[C@@H](C2=CB(O)Oc3cnc4[nH]ccc4c32)C1. The number of rotatable bonds is 4. The molecule has 1 saturated carbocycles. The van der Waals surface area contributed by atoms with E-state index in [-0.39, 0.29) is 23.3 Å². The van der Waals surface area contributed by atoms with Crippen LogP contribution in [0.5, 0.6) is 5.75 Å². The maximum Gasteiger partial charge on any atom is 0.552 e. The summed E-state index contributed by atoms with van der Waals surface area (Å²) in [6, 6.07) is 1.95. The van der Waals surface area contributed by atoms with Crippen molar-refractivity contribution >= 4 is 33.6 Å². The van der Waals surface area contributed by atoms with Crippen molar-refractivity contribution in [1.29, 1.82) is 0 Å². The van der Waals surface area contributed by atoms with E-state index in [0.29, 0.717) is 5.75 Å². The molecule has 8 heteroatoms. The Kier molecular flexibility index (Phi) is 3.69. The lowest BCUT2D eigenvalue weighted by Crippen LogP contribution is -2.34. The Morgan fingerprint density at radius 3 is 3.00 bits per heavy atom. The topological polar surface area (TPSA) is 92.3 Å². The van der Waals surface area contributed by atoms with Gasteiger partial charge in [-0.05, 0) is 42.3 Å². The molecule has 2 aromatic rings. The van der Waals surface area contributed by atoms with E-state index < -0.39 is 17.0 Å². The minimum Gasteiger partial charge on any atom is -0.531 e. The number of hydrogen-bond acceptors (Lipinski definition) is 5. The van der Waals surface area contributed by atoms with E-state index in [0.717, 1.165) is 35.0 Å². The quantitative estimate of drug-likeness (QED) is 0.824. The van der Waals surface area contributed by atoms with E-state index >= 15 is 0 Å². The van der Waals surface area contributed by atoms with Crippen molar-refractivity contribution in [2.75, 3.05) is 11.5 Å². The fourth-order valence-corrected chi connectivity index (χ4v) is 4.95. The summed E-state index contributed by atoms with van der Waals surface area (Å²) in [5, 5.41) is 10.9.